The van der Waals surface area contributed by atoms with Gasteiger partial charge in [0, 0.05) is 22.7 Å². The van der Waals surface area contributed by atoms with Crippen LogP contribution in [0.15, 0.2) is 98.2 Å². The molecule has 2 aromatic carbocycles. The molecule has 0 atom stereocenters. The fraction of sp³-hybridized carbons (Fsp3) is 0.0435. The third-order valence-corrected chi connectivity index (χ3v) is 5.74. The zero-order chi connectivity index (χ0) is 20.2. The summed E-state index contributed by atoms with van der Waals surface area (Å²) in [7, 11) is 0. The maximum Gasteiger partial charge on any atom is 0.267 e. The van der Waals surface area contributed by atoms with Crippen LogP contribution < -0.4 is 0 Å². The van der Waals surface area contributed by atoms with Crippen molar-refractivity contribution in [2.75, 3.05) is 6.54 Å². The molecular formula is C23H17BrN2O2S. The van der Waals surface area contributed by atoms with Crippen molar-refractivity contribution in [3.05, 3.63) is 94.5 Å². The molecule has 0 N–H and O–H groups in total. The van der Waals surface area contributed by atoms with E-state index in [-0.39, 0.29) is 5.91 Å². The minimum Gasteiger partial charge on any atom is -0.457 e. The minimum atomic E-state index is -0.105. The topological polar surface area (TPSA) is 45.8 Å². The largest absolute Gasteiger partial charge is 0.457 e. The van der Waals surface area contributed by atoms with E-state index < -0.39 is 0 Å². The molecule has 144 valence electrons. The zero-order valence-electron chi connectivity index (χ0n) is 15.4. The minimum absolute atomic E-state index is 0.105. The Balaban J connectivity index is 1.62. The Bertz CT molecular complexity index is 1100. The molecule has 0 spiro atoms. The Morgan fingerprint density at radius 2 is 1.83 bits per heavy atom. The Kier molecular flexibility index (Phi) is 5.83. The second kappa shape index (κ2) is 8.68. The van der Waals surface area contributed by atoms with Crippen LogP contribution in [0.5, 0.6) is 0 Å². The lowest BCUT2D eigenvalue weighted by Crippen LogP contribution is -2.29. The van der Waals surface area contributed by atoms with Crippen molar-refractivity contribution in [2.24, 2.45) is 4.99 Å². The Labute approximate surface area is 181 Å². The van der Waals surface area contributed by atoms with Gasteiger partial charge in [0.05, 0.1) is 10.6 Å². The van der Waals surface area contributed by atoms with Crippen molar-refractivity contribution < 1.29 is 9.21 Å². The van der Waals surface area contributed by atoms with Crippen molar-refractivity contribution in [2.45, 2.75) is 0 Å². The molecular weight excluding hydrogens is 448 g/mol. The average molecular weight is 465 g/mol. The first-order valence-electron chi connectivity index (χ1n) is 8.96. The monoisotopic (exact) mass is 464 g/mol. The molecule has 1 aromatic heterocycles. The van der Waals surface area contributed by atoms with Gasteiger partial charge in [-0.2, -0.15) is 0 Å². The van der Waals surface area contributed by atoms with E-state index in [9.17, 15) is 4.79 Å². The lowest BCUT2D eigenvalue weighted by molar-refractivity contribution is -0.121. The van der Waals surface area contributed by atoms with Crippen LogP contribution in [0.4, 0.5) is 5.69 Å². The summed E-state index contributed by atoms with van der Waals surface area (Å²) in [4.78, 5) is 19.7. The van der Waals surface area contributed by atoms with Crippen LogP contribution >= 0.6 is 27.7 Å². The molecule has 4 rings (SSSR count). The van der Waals surface area contributed by atoms with E-state index in [1.165, 1.54) is 11.8 Å². The van der Waals surface area contributed by atoms with Crippen LogP contribution in [-0.2, 0) is 4.79 Å². The first-order valence-corrected chi connectivity index (χ1v) is 10.6. The van der Waals surface area contributed by atoms with E-state index in [0.29, 0.717) is 22.4 Å². The molecule has 0 saturated carbocycles. The first-order chi connectivity index (χ1) is 14.1. The van der Waals surface area contributed by atoms with E-state index >= 15 is 0 Å². The SMILES string of the molecule is C=CCN1C(=O)/C(=C\c2ccc(-c3ccc(Br)cc3)o2)SC1=Nc1ccccc1. The van der Waals surface area contributed by atoms with Crippen molar-refractivity contribution >= 4 is 50.5 Å². The molecule has 1 fully saturated rings. The van der Waals surface area contributed by atoms with E-state index in [1.807, 2.05) is 66.7 Å². The molecule has 0 bridgehead atoms. The van der Waals surface area contributed by atoms with Crippen LogP contribution in [0.25, 0.3) is 17.4 Å². The number of furan rings is 1. The number of amidine groups is 1. The maximum absolute atomic E-state index is 12.9. The highest BCUT2D eigenvalue weighted by Gasteiger charge is 2.32. The summed E-state index contributed by atoms with van der Waals surface area (Å²) in [5.41, 5.74) is 1.77. The van der Waals surface area contributed by atoms with Gasteiger partial charge in [-0.15, -0.1) is 6.58 Å². The molecule has 6 heteroatoms. The van der Waals surface area contributed by atoms with Gasteiger partial charge in [-0.05, 0) is 48.2 Å². The number of halogens is 1. The van der Waals surface area contributed by atoms with Crippen LogP contribution in [0, 0.1) is 0 Å². The van der Waals surface area contributed by atoms with Crippen molar-refractivity contribution in [3.8, 4) is 11.3 Å². The highest BCUT2D eigenvalue weighted by Crippen LogP contribution is 2.35. The molecule has 29 heavy (non-hydrogen) atoms. The Hall–Kier alpha value is -2.83. The number of carbonyl (C=O) groups is 1. The van der Waals surface area contributed by atoms with E-state index in [0.717, 1.165) is 21.5 Å². The van der Waals surface area contributed by atoms with Gasteiger partial charge in [0.25, 0.3) is 5.91 Å². The number of thioether (sulfide) groups is 1. The summed E-state index contributed by atoms with van der Waals surface area (Å²) in [6.45, 7) is 4.15. The zero-order valence-corrected chi connectivity index (χ0v) is 17.8. The molecule has 1 aliphatic heterocycles. The molecule has 0 aliphatic carbocycles. The number of benzene rings is 2. The van der Waals surface area contributed by atoms with Gasteiger partial charge in [0.2, 0.25) is 0 Å². The Morgan fingerprint density at radius 1 is 1.07 bits per heavy atom. The maximum atomic E-state index is 12.9. The van der Waals surface area contributed by atoms with E-state index in [1.54, 1.807) is 17.1 Å². The number of amides is 1. The number of hydrogen-bond acceptors (Lipinski definition) is 4. The molecule has 0 radical (unpaired) electrons. The third-order valence-electron chi connectivity index (χ3n) is 4.21. The summed E-state index contributed by atoms with van der Waals surface area (Å²) < 4.78 is 6.94. The normalized spacial score (nSPS) is 16.7. The van der Waals surface area contributed by atoms with Crippen LogP contribution in [0.3, 0.4) is 0 Å². The van der Waals surface area contributed by atoms with Gasteiger partial charge >= 0.3 is 0 Å². The smallest absolute Gasteiger partial charge is 0.267 e. The number of aliphatic imine (C=N–C) groups is 1. The number of carbonyl (C=O) groups excluding carboxylic acids is 1. The van der Waals surface area contributed by atoms with E-state index in [2.05, 4.69) is 27.5 Å². The molecule has 1 saturated heterocycles. The van der Waals surface area contributed by atoms with Gasteiger partial charge in [-0.1, -0.05) is 52.3 Å². The quantitative estimate of drug-likeness (QED) is 0.319. The highest BCUT2D eigenvalue weighted by atomic mass is 79.9. The Morgan fingerprint density at radius 3 is 2.55 bits per heavy atom. The molecule has 2 heterocycles. The van der Waals surface area contributed by atoms with Crippen molar-refractivity contribution in [1.29, 1.82) is 0 Å². The van der Waals surface area contributed by atoms with Gasteiger partial charge in [-0.3, -0.25) is 9.69 Å². The number of rotatable bonds is 5. The number of hydrogen-bond donors (Lipinski definition) is 0. The standard InChI is InChI=1S/C23H17BrN2O2S/c1-2-14-26-22(27)21(29-23(26)25-18-6-4-3-5-7-18)15-19-12-13-20(28-19)16-8-10-17(24)11-9-16/h2-13,15H,1,14H2/b21-15+,25-23?. The number of nitrogens with zero attached hydrogens (tertiary/aromatic N) is 2. The summed E-state index contributed by atoms with van der Waals surface area (Å²) in [5.74, 6) is 1.27. The van der Waals surface area contributed by atoms with Crippen molar-refractivity contribution in [1.82, 2.24) is 4.90 Å². The second-order valence-electron chi connectivity index (χ2n) is 6.25. The fourth-order valence-corrected chi connectivity index (χ4v) is 4.08. The predicted molar refractivity (Wildman–Crippen MR) is 123 cm³/mol. The van der Waals surface area contributed by atoms with Gasteiger partial charge in [0.15, 0.2) is 5.17 Å². The summed E-state index contributed by atoms with van der Waals surface area (Å²) >= 11 is 4.77. The molecule has 4 nitrogen and oxygen atoms in total. The summed E-state index contributed by atoms with van der Waals surface area (Å²) in [5, 5.41) is 0.632. The third kappa shape index (κ3) is 4.44. The molecule has 3 aromatic rings. The first kappa shape index (κ1) is 19.5. The predicted octanol–water partition coefficient (Wildman–Crippen LogP) is 6.50. The lowest BCUT2D eigenvalue weighted by atomic mass is 10.2. The number of para-hydroxylation sites is 1. The molecule has 1 aliphatic rings. The van der Waals surface area contributed by atoms with Gasteiger partial charge < -0.3 is 4.42 Å². The summed E-state index contributed by atoms with van der Waals surface area (Å²) in [6, 6.07) is 21.2. The van der Waals surface area contributed by atoms with Crippen LogP contribution in [0.1, 0.15) is 5.76 Å². The van der Waals surface area contributed by atoms with Gasteiger partial charge in [0.1, 0.15) is 11.5 Å². The highest BCUT2D eigenvalue weighted by molar-refractivity contribution is 9.10. The molecule has 0 unspecified atom stereocenters. The second-order valence-corrected chi connectivity index (χ2v) is 8.18. The van der Waals surface area contributed by atoms with E-state index in [4.69, 9.17) is 4.42 Å². The summed E-state index contributed by atoms with van der Waals surface area (Å²) in [6.07, 6.45) is 3.46. The average Bonchev–Trinajstić information content (AvgIpc) is 3.30. The van der Waals surface area contributed by atoms with Crippen LogP contribution in [-0.4, -0.2) is 22.5 Å². The molecule has 1 amide bonds. The van der Waals surface area contributed by atoms with Crippen molar-refractivity contribution in [3.63, 3.8) is 0 Å². The fourth-order valence-electron chi connectivity index (χ4n) is 2.82. The van der Waals surface area contributed by atoms with Crippen LogP contribution in [0.2, 0.25) is 0 Å². The lowest BCUT2D eigenvalue weighted by Gasteiger charge is -2.12. The van der Waals surface area contributed by atoms with Gasteiger partial charge in [-0.25, -0.2) is 4.99 Å².